The summed E-state index contributed by atoms with van der Waals surface area (Å²) in [6.45, 7) is 0.990. The third-order valence-electron chi connectivity index (χ3n) is 2.87. The summed E-state index contributed by atoms with van der Waals surface area (Å²) in [6, 6.07) is 6.22. The number of likely N-dealkylation sites (N-methyl/N-ethyl adjacent to an activating group) is 1. The minimum absolute atomic E-state index is 0.874. The van der Waals surface area contributed by atoms with E-state index in [9.17, 15) is 0 Å². The van der Waals surface area contributed by atoms with Crippen molar-refractivity contribution in [1.29, 1.82) is 0 Å². The smallest absolute Gasteiger partial charge is 0.0317 e. The zero-order valence-corrected chi connectivity index (χ0v) is 9.22. The fourth-order valence-electron chi connectivity index (χ4n) is 2.15. The van der Waals surface area contributed by atoms with Crippen LogP contribution in [0, 0.1) is 0 Å². The zero-order chi connectivity index (χ0) is 10.7. The minimum atomic E-state index is 0.874. The number of nitrogens with two attached hydrogens (primary N) is 1. The third-order valence-corrected chi connectivity index (χ3v) is 2.87. The lowest BCUT2D eigenvalue weighted by atomic mass is 10.0. The van der Waals surface area contributed by atoms with Crippen molar-refractivity contribution in [3.63, 3.8) is 0 Å². The van der Waals surface area contributed by atoms with Gasteiger partial charge in [-0.15, -0.1) is 0 Å². The molecule has 2 heteroatoms. The van der Waals surface area contributed by atoms with E-state index in [1.165, 1.54) is 29.5 Å². The quantitative estimate of drug-likeness (QED) is 0.722. The zero-order valence-electron chi connectivity index (χ0n) is 9.22. The molecule has 80 valence electrons. The first-order valence-corrected chi connectivity index (χ1v) is 5.52. The second kappa shape index (κ2) is 4.49. The Morgan fingerprint density at radius 2 is 2.20 bits per heavy atom. The van der Waals surface area contributed by atoms with Crippen molar-refractivity contribution in [1.82, 2.24) is 5.32 Å². The maximum Gasteiger partial charge on any atom is 0.0317 e. The van der Waals surface area contributed by atoms with Gasteiger partial charge in [-0.05, 0) is 49.6 Å². The van der Waals surface area contributed by atoms with Gasteiger partial charge < -0.3 is 11.1 Å². The number of aryl methyl sites for hydroxylation is 1. The molecule has 3 N–H and O–H groups in total. The Morgan fingerprint density at radius 3 is 3.00 bits per heavy atom. The third kappa shape index (κ3) is 2.39. The summed E-state index contributed by atoms with van der Waals surface area (Å²) >= 11 is 0. The summed E-state index contributed by atoms with van der Waals surface area (Å²) in [5.74, 6) is 0. The van der Waals surface area contributed by atoms with Crippen molar-refractivity contribution in [2.45, 2.75) is 19.3 Å². The van der Waals surface area contributed by atoms with Gasteiger partial charge in [-0.3, -0.25) is 0 Å². The van der Waals surface area contributed by atoms with Crippen molar-refractivity contribution in [2.24, 2.45) is 0 Å². The molecular formula is C13H18N2. The van der Waals surface area contributed by atoms with Crippen LogP contribution in [0.15, 0.2) is 23.8 Å². The largest absolute Gasteiger partial charge is 0.399 e. The predicted molar refractivity (Wildman–Crippen MR) is 65.7 cm³/mol. The highest BCUT2D eigenvalue weighted by atomic mass is 14.8. The first-order valence-electron chi connectivity index (χ1n) is 5.52. The Kier molecular flexibility index (Phi) is 3.07. The van der Waals surface area contributed by atoms with Crippen molar-refractivity contribution >= 4 is 11.8 Å². The van der Waals surface area contributed by atoms with Crippen LogP contribution in [0.4, 0.5) is 5.69 Å². The number of nitrogen functional groups attached to an aromatic ring is 1. The van der Waals surface area contributed by atoms with Crippen LogP contribution in [0.3, 0.4) is 0 Å². The molecule has 0 atom stereocenters. The van der Waals surface area contributed by atoms with Gasteiger partial charge in [0.25, 0.3) is 0 Å². The van der Waals surface area contributed by atoms with Gasteiger partial charge in [0.05, 0.1) is 0 Å². The molecule has 0 saturated heterocycles. The second-order valence-electron chi connectivity index (χ2n) is 4.14. The summed E-state index contributed by atoms with van der Waals surface area (Å²) in [5, 5.41) is 3.21. The summed E-state index contributed by atoms with van der Waals surface area (Å²) in [6.07, 6.45) is 5.86. The van der Waals surface area contributed by atoms with Gasteiger partial charge in [0.1, 0.15) is 0 Å². The SMILES string of the molecule is CNCC1=Cc2ccc(N)cc2CCC1. The number of fused-ring (bicyclic) bond motifs is 1. The molecule has 1 aliphatic carbocycles. The molecule has 2 rings (SSSR count). The molecule has 1 aromatic carbocycles. The van der Waals surface area contributed by atoms with Gasteiger partial charge in [-0.25, -0.2) is 0 Å². The van der Waals surface area contributed by atoms with Crippen molar-refractivity contribution in [3.8, 4) is 0 Å². The molecule has 1 aliphatic rings. The van der Waals surface area contributed by atoms with Crippen LogP contribution in [-0.2, 0) is 6.42 Å². The van der Waals surface area contributed by atoms with Gasteiger partial charge in [-0.2, -0.15) is 0 Å². The molecule has 15 heavy (non-hydrogen) atoms. The Balaban J connectivity index is 2.33. The maximum absolute atomic E-state index is 5.79. The number of benzene rings is 1. The van der Waals surface area contributed by atoms with Crippen LogP contribution < -0.4 is 11.1 Å². The molecule has 0 aliphatic heterocycles. The van der Waals surface area contributed by atoms with Crippen LogP contribution in [0.2, 0.25) is 0 Å². The fourth-order valence-corrected chi connectivity index (χ4v) is 2.15. The van der Waals surface area contributed by atoms with Gasteiger partial charge in [-0.1, -0.05) is 17.7 Å². The van der Waals surface area contributed by atoms with E-state index >= 15 is 0 Å². The minimum Gasteiger partial charge on any atom is -0.399 e. The number of hydrogen-bond donors (Lipinski definition) is 2. The highest BCUT2D eigenvalue weighted by molar-refractivity contribution is 5.61. The van der Waals surface area contributed by atoms with E-state index in [2.05, 4.69) is 23.5 Å². The summed E-state index contributed by atoms with van der Waals surface area (Å²) in [7, 11) is 2.00. The van der Waals surface area contributed by atoms with Gasteiger partial charge in [0.2, 0.25) is 0 Å². The first-order chi connectivity index (χ1) is 7.29. The van der Waals surface area contributed by atoms with Crippen molar-refractivity contribution in [3.05, 3.63) is 34.9 Å². The van der Waals surface area contributed by atoms with Crippen LogP contribution in [0.25, 0.3) is 6.08 Å². The molecule has 0 heterocycles. The molecular weight excluding hydrogens is 184 g/mol. The van der Waals surface area contributed by atoms with Crippen LogP contribution >= 0.6 is 0 Å². The monoisotopic (exact) mass is 202 g/mol. The number of rotatable bonds is 2. The molecule has 0 spiro atoms. The van der Waals surface area contributed by atoms with E-state index < -0.39 is 0 Å². The molecule has 1 aromatic rings. The van der Waals surface area contributed by atoms with E-state index in [0.29, 0.717) is 0 Å². The number of nitrogens with one attached hydrogen (secondary N) is 1. The Morgan fingerprint density at radius 1 is 1.33 bits per heavy atom. The van der Waals surface area contributed by atoms with Crippen LogP contribution in [0.5, 0.6) is 0 Å². The highest BCUT2D eigenvalue weighted by Crippen LogP contribution is 2.24. The lowest BCUT2D eigenvalue weighted by Crippen LogP contribution is -2.09. The average molecular weight is 202 g/mol. The molecule has 0 bridgehead atoms. The van der Waals surface area contributed by atoms with Crippen molar-refractivity contribution in [2.75, 3.05) is 19.3 Å². The predicted octanol–water partition coefficient (Wildman–Crippen LogP) is 2.21. The second-order valence-corrected chi connectivity index (χ2v) is 4.14. The topological polar surface area (TPSA) is 38.0 Å². The van der Waals surface area contributed by atoms with Gasteiger partial charge in [0, 0.05) is 12.2 Å². The molecule has 0 radical (unpaired) electrons. The number of anilines is 1. The molecule has 0 unspecified atom stereocenters. The first kappa shape index (κ1) is 10.2. The maximum atomic E-state index is 5.79. The molecule has 2 nitrogen and oxygen atoms in total. The Bertz CT molecular complexity index is 380. The lowest BCUT2D eigenvalue weighted by Gasteiger charge is -2.04. The summed E-state index contributed by atoms with van der Waals surface area (Å²) in [5.41, 5.74) is 10.9. The van der Waals surface area contributed by atoms with E-state index in [1.54, 1.807) is 0 Å². The van der Waals surface area contributed by atoms with E-state index in [4.69, 9.17) is 5.73 Å². The lowest BCUT2D eigenvalue weighted by molar-refractivity contribution is 0.772. The van der Waals surface area contributed by atoms with Crippen LogP contribution in [-0.4, -0.2) is 13.6 Å². The van der Waals surface area contributed by atoms with Crippen molar-refractivity contribution < 1.29 is 0 Å². The number of hydrogen-bond acceptors (Lipinski definition) is 2. The van der Waals surface area contributed by atoms with E-state index in [1.807, 2.05) is 13.1 Å². The summed E-state index contributed by atoms with van der Waals surface area (Å²) in [4.78, 5) is 0. The Hall–Kier alpha value is -1.28. The molecule has 0 saturated carbocycles. The average Bonchev–Trinajstić information content (AvgIpc) is 2.40. The fraction of sp³-hybridized carbons (Fsp3) is 0.385. The van der Waals surface area contributed by atoms with Gasteiger partial charge >= 0.3 is 0 Å². The molecule has 0 amide bonds. The highest BCUT2D eigenvalue weighted by Gasteiger charge is 2.08. The Labute approximate surface area is 91.2 Å². The molecule has 0 aromatic heterocycles. The van der Waals surface area contributed by atoms with Crippen LogP contribution in [0.1, 0.15) is 24.0 Å². The van der Waals surface area contributed by atoms with Gasteiger partial charge in [0.15, 0.2) is 0 Å². The van der Waals surface area contributed by atoms with E-state index in [-0.39, 0.29) is 0 Å². The normalized spacial score (nSPS) is 15.4. The molecule has 0 fully saturated rings. The summed E-state index contributed by atoms with van der Waals surface area (Å²) < 4.78 is 0. The van der Waals surface area contributed by atoms with E-state index in [0.717, 1.165) is 18.7 Å². The standard InChI is InChI=1S/C13H18N2/c1-15-9-10-3-2-4-11-8-13(14)6-5-12(11)7-10/h5-8,15H,2-4,9,14H2,1H3.